The number of non-ortho nitro benzene ring substituents is 1. The molecule has 2 aromatic carbocycles. The summed E-state index contributed by atoms with van der Waals surface area (Å²) in [5, 5.41) is 14.4. The number of rotatable bonds is 4. The third kappa shape index (κ3) is 4.12. The van der Waals surface area contributed by atoms with Gasteiger partial charge in [-0.1, -0.05) is 30.7 Å². The quantitative estimate of drug-likeness (QED) is 0.468. The van der Waals surface area contributed by atoms with Gasteiger partial charge in [-0.2, -0.15) is 0 Å². The van der Waals surface area contributed by atoms with Crippen molar-refractivity contribution >= 4 is 51.9 Å². The zero-order valence-electron chi connectivity index (χ0n) is 13.7. The lowest BCUT2D eigenvalue weighted by molar-refractivity contribution is -0.384. The summed E-state index contributed by atoms with van der Waals surface area (Å²) in [6, 6.07) is 11.8. The van der Waals surface area contributed by atoms with Gasteiger partial charge in [0.15, 0.2) is 5.17 Å². The number of amidine groups is 1. The van der Waals surface area contributed by atoms with E-state index in [1.807, 2.05) is 24.3 Å². The number of thioether (sulfide) groups is 1. The number of aryl methyl sites for hydroxylation is 1. The van der Waals surface area contributed by atoms with Crippen LogP contribution >= 0.6 is 23.4 Å². The molecule has 1 aliphatic rings. The van der Waals surface area contributed by atoms with E-state index in [4.69, 9.17) is 11.6 Å². The molecule has 0 aliphatic carbocycles. The first-order valence-electron chi connectivity index (χ1n) is 7.78. The number of hydrogen-bond donors (Lipinski definition) is 1. The highest BCUT2D eigenvalue weighted by molar-refractivity contribution is 8.18. The van der Waals surface area contributed by atoms with Crippen LogP contribution < -0.4 is 5.32 Å². The number of halogens is 1. The second-order valence-corrected chi connectivity index (χ2v) is 6.90. The van der Waals surface area contributed by atoms with Crippen LogP contribution in [-0.4, -0.2) is 16.0 Å². The molecular weight excluding hydrogens is 374 g/mol. The fourth-order valence-corrected chi connectivity index (χ4v) is 3.31. The fourth-order valence-electron chi connectivity index (χ4n) is 2.30. The van der Waals surface area contributed by atoms with Crippen molar-refractivity contribution in [2.75, 3.05) is 0 Å². The Labute approximate surface area is 159 Å². The average molecular weight is 388 g/mol. The zero-order chi connectivity index (χ0) is 18.7. The monoisotopic (exact) mass is 387 g/mol. The topological polar surface area (TPSA) is 84.6 Å². The molecule has 8 heteroatoms. The van der Waals surface area contributed by atoms with Crippen LogP contribution in [0.2, 0.25) is 5.02 Å². The van der Waals surface area contributed by atoms with Gasteiger partial charge in [0.25, 0.3) is 11.6 Å². The van der Waals surface area contributed by atoms with E-state index in [0.29, 0.717) is 20.7 Å². The van der Waals surface area contributed by atoms with Crippen LogP contribution in [-0.2, 0) is 11.2 Å². The van der Waals surface area contributed by atoms with Crippen LogP contribution in [0.25, 0.3) is 6.08 Å². The van der Waals surface area contributed by atoms with Gasteiger partial charge in [-0.3, -0.25) is 14.9 Å². The Morgan fingerprint density at radius 1 is 1.27 bits per heavy atom. The molecule has 1 amide bonds. The van der Waals surface area contributed by atoms with Gasteiger partial charge in [0, 0.05) is 22.7 Å². The van der Waals surface area contributed by atoms with Crippen LogP contribution in [0.5, 0.6) is 0 Å². The highest BCUT2D eigenvalue weighted by Crippen LogP contribution is 2.31. The summed E-state index contributed by atoms with van der Waals surface area (Å²) >= 11 is 7.25. The summed E-state index contributed by atoms with van der Waals surface area (Å²) in [6.07, 6.45) is 2.47. The molecule has 0 aromatic heterocycles. The number of carbonyl (C=O) groups is 1. The number of amides is 1. The van der Waals surface area contributed by atoms with Gasteiger partial charge in [0.1, 0.15) is 0 Å². The maximum Gasteiger partial charge on any atom is 0.270 e. The van der Waals surface area contributed by atoms with Crippen LogP contribution in [0.15, 0.2) is 52.4 Å². The van der Waals surface area contributed by atoms with Gasteiger partial charge in [0.2, 0.25) is 0 Å². The van der Waals surface area contributed by atoms with Crippen molar-refractivity contribution in [1.82, 2.24) is 5.32 Å². The van der Waals surface area contributed by atoms with E-state index >= 15 is 0 Å². The van der Waals surface area contributed by atoms with E-state index < -0.39 is 4.92 Å². The average Bonchev–Trinajstić information content (AvgIpc) is 2.96. The molecule has 1 aliphatic heterocycles. The molecule has 132 valence electrons. The standard InChI is InChI=1S/C18H14ClN3O3S/c1-2-11-3-5-13(6-4-11)20-18-21-17(23)16(26-18)10-12-9-14(22(24)25)7-8-15(12)19/h3-10H,2H2,1H3,(H,20,21,23)/b16-10-. The maximum absolute atomic E-state index is 12.2. The molecule has 1 heterocycles. The number of nitro groups is 1. The molecule has 6 nitrogen and oxygen atoms in total. The molecule has 0 atom stereocenters. The van der Waals surface area contributed by atoms with Crippen LogP contribution in [0.3, 0.4) is 0 Å². The molecule has 0 saturated carbocycles. The van der Waals surface area contributed by atoms with Crippen molar-refractivity contribution in [1.29, 1.82) is 0 Å². The predicted molar refractivity (Wildman–Crippen MR) is 105 cm³/mol. The third-order valence-electron chi connectivity index (χ3n) is 3.70. The molecule has 0 bridgehead atoms. The van der Waals surface area contributed by atoms with Crippen molar-refractivity contribution in [2.45, 2.75) is 13.3 Å². The number of hydrogen-bond acceptors (Lipinski definition) is 5. The Bertz CT molecular complexity index is 939. The van der Waals surface area contributed by atoms with Gasteiger partial charge in [-0.15, -0.1) is 0 Å². The minimum Gasteiger partial charge on any atom is -0.300 e. The Balaban J connectivity index is 1.85. The summed E-state index contributed by atoms with van der Waals surface area (Å²) in [4.78, 5) is 27.3. The smallest absolute Gasteiger partial charge is 0.270 e. The van der Waals surface area contributed by atoms with Crippen molar-refractivity contribution in [3.63, 3.8) is 0 Å². The normalized spacial score (nSPS) is 16.9. The molecule has 0 spiro atoms. The van der Waals surface area contributed by atoms with Gasteiger partial charge in [-0.25, -0.2) is 4.99 Å². The molecule has 1 saturated heterocycles. The van der Waals surface area contributed by atoms with Crippen molar-refractivity contribution in [2.24, 2.45) is 4.99 Å². The Morgan fingerprint density at radius 2 is 2.00 bits per heavy atom. The molecule has 1 N–H and O–H groups in total. The molecule has 1 fully saturated rings. The van der Waals surface area contributed by atoms with E-state index in [9.17, 15) is 14.9 Å². The number of nitrogens with one attached hydrogen (secondary N) is 1. The zero-order valence-corrected chi connectivity index (χ0v) is 15.3. The number of nitrogens with zero attached hydrogens (tertiary/aromatic N) is 2. The molecule has 2 aromatic rings. The van der Waals surface area contributed by atoms with Crippen LogP contribution in [0.1, 0.15) is 18.1 Å². The minimum absolute atomic E-state index is 0.0884. The lowest BCUT2D eigenvalue weighted by Crippen LogP contribution is -2.19. The second kappa shape index (κ2) is 7.72. The summed E-state index contributed by atoms with van der Waals surface area (Å²) in [5.74, 6) is -0.318. The van der Waals surface area contributed by atoms with Crippen molar-refractivity contribution < 1.29 is 9.72 Å². The lowest BCUT2D eigenvalue weighted by atomic mass is 10.2. The van der Waals surface area contributed by atoms with Gasteiger partial charge in [-0.05, 0) is 48.0 Å². The molecule has 0 unspecified atom stereocenters. The van der Waals surface area contributed by atoms with Crippen LogP contribution in [0, 0.1) is 10.1 Å². The van der Waals surface area contributed by atoms with E-state index in [-0.39, 0.29) is 11.6 Å². The SMILES string of the molecule is CCc1ccc(N=C2NC(=O)/C(=C/c3cc([N+](=O)[O-])ccc3Cl)S2)cc1. The van der Waals surface area contributed by atoms with E-state index in [1.54, 1.807) is 0 Å². The van der Waals surface area contributed by atoms with Crippen molar-refractivity contribution in [3.8, 4) is 0 Å². The largest absolute Gasteiger partial charge is 0.300 e. The Kier molecular flexibility index (Phi) is 5.39. The first-order chi connectivity index (χ1) is 12.5. The number of nitro benzene ring substituents is 1. The molecule has 3 rings (SSSR count). The fraction of sp³-hybridized carbons (Fsp3) is 0.111. The summed E-state index contributed by atoms with van der Waals surface area (Å²) < 4.78 is 0. The highest BCUT2D eigenvalue weighted by atomic mass is 35.5. The predicted octanol–water partition coefficient (Wildman–Crippen LogP) is 4.70. The Hall–Kier alpha value is -2.64. The summed E-state index contributed by atoms with van der Waals surface area (Å²) in [5.41, 5.74) is 2.26. The minimum atomic E-state index is -0.507. The molecule has 0 radical (unpaired) electrons. The van der Waals surface area contributed by atoms with E-state index in [2.05, 4.69) is 17.2 Å². The summed E-state index contributed by atoms with van der Waals surface area (Å²) in [6.45, 7) is 2.07. The van der Waals surface area contributed by atoms with Gasteiger partial charge in [0.05, 0.1) is 15.5 Å². The molecular formula is C18H14ClN3O3S. The molecule has 26 heavy (non-hydrogen) atoms. The second-order valence-electron chi connectivity index (χ2n) is 5.46. The highest BCUT2D eigenvalue weighted by Gasteiger charge is 2.24. The number of carbonyl (C=O) groups excluding carboxylic acids is 1. The van der Waals surface area contributed by atoms with Gasteiger partial charge < -0.3 is 5.32 Å². The van der Waals surface area contributed by atoms with Crippen molar-refractivity contribution in [3.05, 3.63) is 73.6 Å². The first kappa shape index (κ1) is 18.2. The van der Waals surface area contributed by atoms with Crippen LogP contribution in [0.4, 0.5) is 11.4 Å². The maximum atomic E-state index is 12.2. The van der Waals surface area contributed by atoms with E-state index in [1.165, 1.54) is 29.8 Å². The lowest BCUT2D eigenvalue weighted by Gasteiger charge is -1.99. The first-order valence-corrected chi connectivity index (χ1v) is 8.98. The van der Waals surface area contributed by atoms with E-state index in [0.717, 1.165) is 23.9 Å². The van der Waals surface area contributed by atoms with Gasteiger partial charge >= 0.3 is 0 Å². The number of benzene rings is 2. The Morgan fingerprint density at radius 3 is 2.65 bits per heavy atom. The summed E-state index contributed by atoms with van der Waals surface area (Å²) in [7, 11) is 0. The number of aliphatic imine (C=N–C) groups is 1. The third-order valence-corrected chi connectivity index (χ3v) is 4.96.